The van der Waals surface area contributed by atoms with E-state index in [0.717, 1.165) is 3.57 Å². The highest BCUT2D eigenvalue weighted by molar-refractivity contribution is 14.1. The molecule has 0 bridgehead atoms. The van der Waals surface area contributed by atoms with Crippen LogP contribution in [-0.4, -0.2) is 40.9 Å². The average molecular weight is 543 g/mol. The van der Waals surface area contributed by atoms with Crippen molar-refractivity contribution in [3.05, 3.63) is 54.6 Å². The van der Waals surface area contributed by atoms with Crippen LogP contribution in [0, 0.1) is 16.3 Å². The molecule has 168 valence electrons. The lowest BCUT2D eigenvalue weighted by molar-refractivity contribution is -0.148. The first-order valence-electron chi connectivity index (χ1n) is 10.0. The van der Waals surface area contributed by atoms with Gasteiger partial charge >= 0.3 is 0 Å². The monoisotopic (exact) mass is 543 g/mol. The molecule has 31 heavy (non-hydrogen) atoms. The Morgan fingerprint density at radius 2 is 1.94 bits per heavy atom. The fourth-order valence-corrected chi connectivity index (χ4v) is 3.90. The Morgan fingerprint density at radius 3 is 2.58 bits per heavy atom. The van der Waals surface area contributed by atoms with Gasteiger partial charge in [-0.2, -0.15) is 0 Å². The molecule has 1 aromatic carbocycles. The van der Waals surface area contributed by atoms with Crippen molar-refractivity contribution in [2.24, 2.45) is 7.05 Å². The molecule has 1 aliphatic heterocycles. The number of hydroxylamine groups is 2. The smallest absolute Gasteiger partial charge is 0.281 e. The van der Waals surface area contributed by atoms with Crippen LogP contribution in [0.1, 0.15) is 42.3 Å². The number of nitrogens with one attached hydrogen (secondary N) is 1. The topological polar surface area (TPSA) is 72.8 Å². The fraction of sp³-hybridized carbons (Fsp3) is 0.455. The molecule has 0 radical (unpaired) electrons. The van der Waals surface area contributed by atoms with E-state index in [-0.39, 0.29) is 35.2 Å². The number of hydrogen-bond acceptors (Lipinski definition) is 5. The number of rotatable bonds is 6. The standard InChI is InChI=1S/C22H27FIN3O4/c1-13-15-8-9-27(31-11-10-30-22(2,3)4)21(29)18(15)19(26(5)20(13)28)25-17-7-6-14(24)12-16(17)23/h6-7,12,25H,8-11H2,1-5H3. The van der Waals surface area contributed by atoms with E-state index in [1.54, 1.807) is 26.1 Å². The zero-order chi connectivity index (χ0) is 22.9. The molecule has 3 rings (SSSR count). The maximum absolute atomic E-state index is 14.5. The summed E-state index contributed by atoms with van der Waals surface area (Å²) in [5.41, 5.74) is 1.15. The van der Waals surface area contributed by atoms with Crippen LogP contribution in [0.5, 0.6) is 0 Å². The van der Waals surface area contributed by atoms with Crippen LogP contribution in [0.15, 0.2) is 23.0 Å². The summed E-state index contributed by atoms with van der Waals surface area (Å²) < 4.78 is 22.2. The Kier molecular flexibility index (Phi) is 7.07. The number of ether oxygens (including phenoxy) is 1. The van der Waals surface area contributed by atoms with Gasteiger partial charge in [0.1, 0.15) is 11.6 Å². The number of pyridine rings is 1. The molecule has 9 heteroatoms. The number of carbonyl (C=O) groups excluding carboxylic acids is 1. The van der Waals surface area contributed by atoms with Gasteiger partial charge in [0.25, 0.3) is 11.5 Å². The van der Waals surface area contributed by atoms with Crippen LogP contribution in [0.3, 0.4) is 0 Å². The van der Waals surface area contributed by atoms with Crippen LogP contribution < -0.4 is 10.9 Å². The summed E-state index contributed by atoms with van der Waals surface area (Å²) in [6, 6.07) is 4.71. The second kappa shape index (κ2) is 9.25. The number of halogens is 2. The minimum atomic E-state index is -0.468. The normalized spacial score (nSPS) is 14.0. The molecule has 1 aromatic heterocycles. The Morgan fingerprint density at radius 1 is 1.23 bits per heavy atom. The van der Waals surface area contributed by atoms with Gasteiger partial charge in [-0.3, -0.25) is 19.0 Å². The van der Waals surface area contributed by atoms with E-state index in [4.69, 9.17) is 9.57 Å². The third kappa shape index (κ3) is 5.27. The number of anilines is 2. The molecule has 2 heterocycles. The number of aromatic nitrogens is 1. The van der Waals surface area contributed by atoms with Gasteiger partial charge in [-0.25, -0.2) is 9.45 Å². The highest BCUT2D eigenvalue weighted by Gasteiger charge is 2.32. The Balaban J connectivity index is 1.93. The van der Waals surface area contributed by atoms with Gasteiger partial charge in [-0.1, -0.05) is 0 Å². The van der Waals surface area contributed by atoms with Crippen LogP contribution in [0.4, 0.5) is 15.9 Å². The molecule has 0 fully saturated rings. The molecular formula is C22H27FIN3O4. The predicted molar refractivity (Wildman–Crippen MR) is 125 cm³/mol. The lowest BCUT2D eigenvalue weighted by Gasteiger charge is -2.31. The zero-order valence-corrected chi connectivity index (χ0v) is 20.5. The van der Waals surface area contributed by atoms with Crippen LogP contribution in [0.25, 0.3) is 0 Å². The van der Waals surface area contributed by atoms with E-state index in [0.29, 0.717) is 36.3 Å². The molecule has 0 atom stereocenters. The number of carbonyl (C=O) groups is 1. The molecule has 0 aliphatic carbocycles. The molecule has 7 nitrogen and oxygen atoms in total. The van der Waals surface area contributed by atoms with Gasteiger partial charge in [-0.15, -0.1) is 0 Å². The van der Waals surface area contributed by atoms with Crippen LogP contribution >= 0.6 is 22.6 Å². The highest BCUT2D eigenvalue weighted by atomic mass is 127. The van der Waals surface area contributed by atoms with Crippen molar-refractivity contribution in [1.82, 2.24) is 9.63 Å². The van der Waals surface area contributed by atoms with Crippen molar-refractivity contribution in [2.45, 2.75) is 39.7 Å². The lowest BCUT2D eigenvalue weighted by Crippen LogP contribution is -2.41. The van der Waals surface area contributed by atoms with E-state index in [9.17, 15) is 14.0 Å². The molecule has 0 spiro atoms. The van der Waals surface area contributed by atoms with E-state index in [1.165, 1.54) is 15.7 Å². The van der Waals surface area contributed by atoms with E-state index >= 15 is 0 Å². The van der Waals surface area contributed by atoms with Gasteiger partial charge in [0.2, 0.25) is 0 Å². The number of nitrogens with zero attached hydrogens (tertiary/aromatic N) is 2. The van der Waals surface area contributed by atoms with Gasteiger partial charge in [0.15, 0.2) is 0 Å². The molecule has 0 saturated carbocycles. The second-order valence-electron chi connectivity index (χ2n) is 8.39. The quantitative estimate of drug-likeness (QED) is 0.442. The maximum atomic E-state index is 14.5. The summed E-state index contributed by atoms with van der Waals surface area (Å²) in [6.45, 7) is 8.42. The van der Waals surface area contributed by atoms with Crippen molar-refractivity contribution >= 4 is 40.0 Å². The van der Waals surface area contributed by atoms with Crippen molar-refractivity contribution in [2.75, 3.05) is 25.1 Å². The molecule has 1 aliphatic rings. The summed E-state index contributed by atoms with van der Waals surface area (Å²) >= 11 is 2.02. The van der Waals surface area contributed by atoms with Crippen molar-refractivity contribution in [3.63, 3.8) is 0 Å². The first-order valence-corrected chi connectivity index (χ1v) is 11.1. The molecule has 0 unspecified atom stereocenters. The summed E-state index contributed by atoms with van der Waals surface area (Å²) in [5.74, 6) is -0.594. The first kappa shape index (κ1) is 23.7. The summed E-state index contributed by atoms with van der Waals surface area (Å²) in [7, 11) is 1.56. The second-order valence-corrected chi connectivity index (χ2v) is 9.64. The van der Waals surface area contributed by atoms with Crippen molar-refractivity contribution in [3.8, 4) is 0 Å². The van der Waals surface area contributed by atoms with Crippen LogP contribution in [0.2, 0.25) is 0 Å². The first-order chi connectivity index (χ1) is 14.5. The van der Waals surface area contributed by atoms with Crippen molar-refractivity contribution in [1.29, 1.82) is 0 Å². The minimum absolute atomic E-state index is 0.186. The van der Waals surface area contributed by atoms with Crippen LogP contribution in [-0.2, 0) is 23.0 Å². The Hall–Kier alpha value is -1.98. The number of amides is 1. The predicted octanol–water partition coefficient (Wildman–Crippen LogP) is 3.93. The summed E-state index contributed by atoms with van der Waals surface area (Å²) in [6.07, 6.45) is 0.465. The Labute approximate surface area is 194 Å². The third-order valence-corrected chi connectivity index (χ3v) is 5.68. The molecule has 1 N–H and O–H groups in total. The van der Waals surface area contributed by atoms with Gasteiger partial charge in [-0.05, 0) is 80.5 Å². The largest absolute Gasteiger partial charge is 0.373 e. The number of benzene rings is 1. The average Bonchev–Trinajstić information content (AvgIpc) is 2.68. The fourth-order valence-electron chi connectivity index (χ4n) is 3.45. The maximum Gasteiger partial charge on any atom is 0.281 e. The molecule has 2 aromatic rings. The van der Waals surface area contributed by atoms with Gasteiger partial charge < -0.3 is 10.1 Å². The van der Waals surface area contributed by atoms with Gasteiger partial charge in [0, 0.05) is 16.2 Å². The SMILES string of the molecule is Cc1c2c(c(Nc3ccc(I)cc3F)n(C)c1=O)C(=O)N(OCCOC(C)(C)C)CC2. The number of hydrogen-bond donors (Lipinski definition) is 1. The highest BCUT2D eigenvalue weighted by Crippen LogP contribution is 2.30. The molecular weight excluding hydrogens is 516 g/mol. The third-order valence-electron chi connectivity index (χ3n) is 5.01. The number of fused-ring (bicyclic) bond motifs is 1. The van der Waals surface area contributed by atoms with Gasteiger partial charge in [0.05, 0.1) is 36.6 Å². The molecule has 1 amide bonds. The zero-order valence-electron chi connectivity index (χ0n) is 18.3. The minimum Gasteiger partial charge on any atom is -0.373 e. The lowest BCUT2D eigenvalue weighted by atomic mass is 9.96. The Bertz CT molecular complexity index is 1060. The van der Waals surface area contributed by atoms with Crippen molar-refractivity contribution < 1.29 is 18.8 Å². The summed E-state index contributed by atoms with van der Waals surface area (Å²) in [5, 5.41) is 4.24. The molecule has 0 saturated heterocycles. The van der Waals surface area contributed by atoms with E-state index in [1.807, 2.05) is 43.4 Å². The van der Waals surface area contributed by atoms with E-state index < -0.39 is 5.82 Å². The van der Waals surface area contributed by atoms with E-state index in [2.05, 4.69) is 5.32 Å². The summed E-state index contributed by atoms with van der Waals surface area (Å²) in [4.78, 5) is 31.7.